The van der Waals surface area contributed by atoms with Crippen molar-refractivity contribution in [2.24, 2.45) is 35.0 Å². The number of rotatable bonds is 25. The Morgan fingerprint density at radius 2 is 0.685 bits per heavy atom. The Bertz CT molecular complexity index is 4140. The zero-order chi connectivity index (χ0) is 79.7. The number of aromatic nitrogens is 6. The van der Waals surface area contributed by atoms with Crippen LogP contribution in [0.4, 0.5) is 57.0 Å². The van der Waals surface area contributed by atoms with Crippen molar-refractivity contribution in [3.8, 4) is 18.2 Å². The molecule has 9 fully saturated rings. The van der Waals surface area contributed by atoms with Gasteiger partial charge in [-0.15, -0.1) is 0 Å². The molecule has 36 heteroatoms. The molecule has 6 amide bonds. The Labute approximate surface area is 633 Å². The quantitative estimate of drug-likeness (QED) is 0.0296. The van der Waals surface area contributed by atoms with Crippen LogP contribution in [0, 0.1) is 51.7 Å². The lowest BCUT2D eigenvalue weighted by molar-refractivity contribution is -0.327. The number of methoxy groups -OCH3 is 1. The third-order valence-corrected chi connectivity index (χ3v) is 23.8. The Morgan fingerprint density at radius 3 is 0.901 bits per heavy atom. The molecule has 5 aromatic rings. The number of carbonyl (C=O) groups is 6. The fourth-order valence-electron chi connectivity index (χ4n) is 16.1. The standard InChI is InChI=1S/2C27H31F3N6O3.C21H27F3N6O3/c2*28-27(29,30)26(39-15-18-4-2-1-3-5-18)16-35(17-26)20-8-10-25(11-9-20,12-13-31)36-14-21(22(32)37)23(34-36)33-24(38)19-6-7-19;1-33-20(21(22,23)24)11-29(12-20)14-4-6-19(7-5-14,8-9-25)30-10-15(16(26)31)17(28-30)27-18(32)13-2-3-13/h2*1-5,14,19-20H,6-12,15-17H2,(H2,32,37)(H,33,34,38);10,13-14H,2-8,11-12H2,1H3,(H2,26,31)(H,27,28,32). The molecule has 3 aliphatic heterocycles. The largest absolute Gasteiger partial charge is 0.419 e. The number of amides is 6. The number of nitrogens with one attached hydrogen (secondary N) is 3. The number of carbonyl (C=O) groups excluding carboxylic acids is 6. The van der Waals surface area contributed by atoms with Crippen molar-refractivity contribution in [1.29, 1.82) is 15.8 Å². The number of anilines is 3. The van der Waals surface area contributed by atoms with E-state index < -0.39 is 69.7 Å². The lowest BCUT2D eigenvalue weighted by Gasteiger charge is -2.54. The third kappa shape index (κ3) is 17.3. The van der Waals surface area contributed by atoms with Crippen molar-refractivity contribution in [3.05, 3.63) is 107 Å². The number of primary amides is 3. The fourth-order valence-corrected chi connectivity index (χ4v) is 16.1. The van der Waals surface area contributed by atoms with Crippen LogP contribution in [0.15, 0.2) is 79.3 Å². The number of nitriles is 3. The first kappa shape index (κ1) is 81.0. The minimum absolute atomic E-state index is 0.0664. The van der Waals surface area contributed by atoms with Crippen LogP contribution in [0.3, 0.4) is 0 Å². The summed E-state index contributed by atoms with van der Waals surface area (Å²) >= 11 is 0. The van der Waals surface area contributed by atoms with Gasteiger partial charge in [0.25, 0.3) is 17.7 Å². The van der Waals surface area contributed by atoms with Crippen molar-refractivity contribution in [2.75, 3.05) is 62.3 Å². The van der Waals surface area contributed by atoms with Gasteiger partial charge in [0.15, 0.2) is 34.3 Å². The van der Waals surface area contributed by atoms with Gasteiger partial charge in [-0.2, -0.15) is 70.6 Å². The summed E-state index contributed by atoms with van der Waals surface area (Å²) in [7, 11) is 1.08. The molecule has 14 rings (SSSR count). The summed E-state index contributed by atoms with van der Waals surface area (Å²) < 4.78 is 145. The highest BCUT2D eigenvalue weighted by molar-refractivity contribution is 6.04. The number of halogens is 9. The predicted octanol–water partition coefficient (Wildman–Crippen LogP) is 9.58. The molecule has 9 aliphatic rings. The molecule has 3 aromatic heterocycles. The average molecular weight is 1560 g/mol. The predicted molar refractivity (Wildman–Crippen MR) is 378 cm³/mol. The molecule has 0 unspecified atom stereocenters. The molecule has 0 radical (unpaired) electrons. The van der Waals surface area contributed by atoms with Crippen molar-refractivity contribution in [1.82, 2.24) is 44.0 Å². The van der Waals surface area contributed by atoms with E-state index in [2.05, 4.69) is 49.5 Å². The molecular weight excluding hydrogens is 1470 g/mol. The molecule has 6 saturated carbocycles. The molecule has 0 bridgehead atoms. The van der Waals surface area contributed by atoms with Crippen LogP contribution in [0.5, 0.6) is 0 Å². The Morgan fingerprint density at radius 1 is 0.432 bits per heavy atom. The summed E-state index contributed by atoms with van der Waals surface area (Å²) in [6.07, 6.45) is 2.15. The van der Waals surface area contributed by atoms with Crippen LogP contribution in [0.1, 0.15) is 177 Å². The Hall–Kier alpha value is -9.51. The van der Waals surface area contributed by atoms with E-state index >= 15 is 0 Å². The first-order valence-electron chi connectivity index (χ1n) is 37.2. The summed E-state index contributed by atoms with van der Waals surface area (Å²) in [5.41, 5.74) is 9.33. The maximum atomic E-state index is 14.0. The second kappa shape index (κ2) is 31.9. The fraction of sp³-hybridized carbons (Fsp3) is 0.600. The second-order valence-electron chi connectivity index (χ2n) is 31.2. The van der Waals surface area contributed by atoms with Crippen molar-refractivity contribution in [3.63, 3.8) is 0 Å². The van der Waals surface area contributed by atoms with Gasteiger partial charge >= 0.3 is 18.5 Å². The first-order chi connectivity index (χ1) is 52.7. The van der Waals surface area contributed by atoms with Gasteiger partial charge in [0.2, 0.25) is 17.7 Å². The summed E-state index contributed by atoms with van der Waals surface area (Å²) in [4.78, 5) is 78.2. The number of hydrogen-bond donors (Lipinski definition) is 6. The van der Waals surface area contributed by atoms with E-state index in [-0.39, 0.29) is 159 Å². The highest BCUT2D eigenvalue weighted by Crippen LogP contribution is 2.51. The number of benzene rings is 2. The molecule has 0 atom stereocenters. The van der Waals surface area contributed by atoms with Gasteiger partial charge in [-0.05, 0) is 127 Å². The highest BCUT2D eigenvalue weighted by atomic mass is 19.4. The molecule has 6 aliphatic carbocycles. The van der Waals surface area contributed by atoms with E-state index in [0.29, 0.717) is 88.2 Å². The summed E-state index contributed by atoms with van der Waals surface area (Å²) in [5.74, 6) is -2.94. The van der Waals surface area contributed by atoms with Gasteiger partial charge in [-0.3, -0.25) is 57.5 Å². The first-order valence-corrected chi connectivity index (χ1v) is 37.2. The number of likely N-dealkylation sites (tertiary alicyclic amines) is 3. The van der Waals surface area contributed by atoms with E-state index in [4.69, 9.17) is 31.4 Å². The van der Waals surface area contributed by atoms with E-state index in [1.165, 1.54) is 18.6 Å². The normalized spacial score (nSPS) is 25.7. The molecular formula is C75H89F9N18O9. The molecule has 0 spiro atoms. The topological polar surface area (TPSA) is 379 Å². The lowest BCUT2D eigenvalue weighted by Crippen LogP contribution is -2.72. The zero-order valence-electron chi connectivity index (χ0n) is 61.2. The number of nitrogens with zero attached hydrogens (tertiary/aromatic N) is 12. The Balaban J connectivity index is 0.000000155. The van der Waals surface area contributed by atoms with Gasteiger partial charge in [0, 0.05) is 101 Å². The smallest absolute Gasteiger partial charge is 0.366 e. The zero-order valence-corrected chi connectivity index (χ0v) is 61.2. The van der Waals surface area contributed by atoms with Gasteiger partial charge in [-0.25, -0.2) is 0 Å². The number of hydrogen-bond acceptors (Lipinski definition) is 18. The van der Waals surface area contributed by atoms with E-state index in [0.717, 1.165) is 45.6 Å². The second-order valence-corrected chi connectivity index (χ2v) is 31.2. The molecule has 596 valence electrons. The highest BCUT2D eigenvalue weighted by Gasteiger charge is 2.67. The summed E-state index contributed by atoms with van der Waals surface area (Å²) in [6, 6.07) is 23.9. The summed E-state index contributed by atoms with van der Waals surface area (Å²) in [5, 5.41) is 50.0. The number of ether oxygens (including phenoxy) is 3. The van der Waals surface area contributed by atoms with E-state index in [1.807, 2.05) is 0 Å². The molecule has 6 heterocycles. The minimum Gasteiger partial charge on any atom is -0.366 e. The number of alkyl halides is 9. The van der Waals surface area contributed by atoms with Crippen LogP contribution < -0.4 is 33.2 Å². The average Bonchev–Trinajstić information content (AvgIpc) is 1.67. The molecule has 9 N–H and O–H groups in total. The van der Waals surface area contributed by atoms with Crippen LogP contribution in [0.25, 0.3) is 0 Å². The van der Waals surface area contributed by atoms with Crippen LogP contribution in [0.2, 0.25) is 0 Å². The van der Waals surface area contributed by atoms with Crippen LogP contribution >= 0.6 is 0 Å². The van der Waals surface area contributed by atoms with Crippen molar-refractivity contribution >= 4 is 52.9 Å². The molecule has 3 saturated heterocycles. The Kier molecular flexibility index (Phi) is 23.3. The molecule has 2 aromatic carbocycles. The van der Waals surface area contributed by atoms with E-state index in [1.54, 1.807) is 89.4 Å². The monoisotopic (exact) mass is 1560 g/mol. The van der Waals surface area contributed by atoms with Gasteiger partial charge < -0.3 is 47.4 Å². The lowest BCUT2D eigenvalue weighted by atomic mass is 9.75. The third-order valence-electron chi connectivity index (χ3n) is 23.8. The van der Waals surface area contributed by atoms with Crippen LogP contribution in [-0.2, 0) is 58.4 Å². The maximum absolute atomic E-state index is 14.0. The van der Waals surface area contributed by atoms with Crippen molar-refractivity contribution in [2.45, 2.75) is 218 Å². The minimum atomic E-state index is -4.50. The SMILES string of the molecule is COC1(C(F)(F)F)CN(C2CCC(CC#N)(n3cc(C(N)=O)c(NC(=O)C4CC4)n3)CC2)C1.N#CCC1(n2cc(C(N)=O)c(NC(=O)C3CC3)n2)CCC(N2CC(OCc3ccccc3)(C(F)(F)F)C2)CC1.N#CCC1(n2cc(C(N)=O)c(NC(=O)C3CC3)n2)CCC(N2CC(OCc3ccccc3)(C(F)(F)F)C2)CC1. The van der Waals surface area contributed by atoms with Crippen LogP contribution in [-0.4, -0.2) is 179 Å². The van der Waals surface area contributed by atoms with Gasteiger partial charge in [0.05, 0.1) is 67.3 Å². The van der Waals surface area contributed by atoms with Gasteiger partial charge in [-0.1, -0.05) is 60.7 Å². The maximum Gasteiger partial charge on any atom is 0.419 e. The summed E-state index contributed by atoms with van der Waals surface area (Å²) in [6.45, 7) is -1.65. The molecule has 27 nitrogen and oxygen atoms in total. The van der Waals surface area contributed by atoms with Gasteiger partial charge in [0.1, 0.15) is 16.7 Å². The number of nitrogens with two attached hydrogens (primary N) is 3. The molecule has 111 heavy (non-hydrogen) atoms. The van der Waals surface area contributed by atoms with E-state index in [9.17, 15) is 84.1 Å². The van der Waals surface area contributed by atoms with Crippen molar-refractivity contribution < 1.29 is 82.5 Å².